The number of hydrazine groups is 1. The molecule has 1 rings (SSSR count). The first-order valence-electron chi connectivity index (χ1n) is 6.17. The Morgan fingerprint density at radius 1 is 1.16 bits per heavy atom. The molecule has 1 heterocycles. The van der Waals surface area contributed by atoms with Crippen LogP contribution in [0.4, 0.5) is 11.9 Å². The van der Waals surface area contributed by atoms with Gasteiger partial charge in [-0.2, -0.15) is 15.0 Å². The smallest absolute Gasteiger partial charge is 0.323 e. The number of nitrogens with one attached hydrogen (secondary N) is 2. The number of hydrogen-bond donors (Lipinski definition) is 3. The summed E-state index contributed by atoms with van der Waals surface area (Å²) in [6.07, 6.45) is -0.0201. The van der Waals surface area contributed by atoms with Crippen LogP contribution in [-0.4, -0.2) is 41.3 Å². The topological polar surface area (TPSA) is 107 Å². The fourth-order valence-electron chi connectivity index (χ4n) is 1.37. The molecule has 0 aromatic carbocycles. The molecule has 0 spiro atoms. The van der Waals surface area contributed by atoms with Gasteiger partial charge in [-0.05, 0) is 19.8 Å². The zero-order valence-electron chi connectivity index (χ0n) is 11.8. The molecule has 4 N–H and O–H groups in total. The SMILES string of the molecule is COCC(C)CNc1nc(NN)nc(OC(C)C)n1. The minimum Gasteiger partial charge on any atom is -0.461 e. The van der Waals surface area contributed by atoms with Crippen molar-refractivity contribution in [2.24, 2.45) is 11.8 Å². The Morgan fingerprint density at radius 3 is 2.42 bits per heavy atom. The number of methoxy groups -OCH3 is 1. The van der Waals surface area contributed by atoms with Crippen LogP contribution in [-0.2, 0) is 4.74 Å². The van der Waals surface area contributed by atoms with Crippen LogP contribution in [0.25, 0.3) is 0 Å². The monoisotopic (exact) mass is 270 g/mol. The third-order valence-electron chi connectivity index (χ3n) is 2.14. The third-order valence-corrected chi connectivity index (χ3v) is 2.14. The molecule has 0 fully saturated rings. The average Bonchev–Trinajstić information content (AvgIpc) is 2.35. The van der Waals surface area contributed by atoms with Gasteiger partial charge in [-0.25, -0.2) is 5.84 Å². The molecular formula is C11H22N6O2. The number of aromatic nitrogens is 3. The van der Waals surface area contributed by atoms with Crippen LogP contribution >= 0.6 is 0 Å². The van der Waals surface area contributed by atoms with Crippen LogP contribution in [0.5, 0.6) is 6.01 Å². The van der Waals surface area contributed by atoms with Gasteiger partial charge in [-0.15, -0.1) is 0 Å². The highest BCUT2D eigenvalue weighted by molar-refractivity contribution is 5.34. The second-order valence-electron chi connectivity index (χ2n) is 4.52. The molecule has 0 amide bonds. The van der Waals surface area contributed by atoms with Gasteiger partial charge in [0.25, 0.3) is 0 Å². The van der Waals surface area contributed by atoms with Crippen LogP contribution in [0.1, 0.15) is 20.8 Å². The molecule has 1 aromatic heterocycles. The molecule has 0 aliphatic heterocycles. The highest BCUT2D eigenvalue weighted by Crippen LogP contribution is 2.12. The van der Waals surface area contributed by atoms with Crippen molar-refractivity contribution in [3.63, 3.8) is 0 Å². The van der Waals surface area contributed by atoms with E-state index in [1.807, 2.05) is 13.8 Å². The predicted octanol–water partition coefficient (Wildman–Crippen LogP) is 0.639. The standard InChI is InChI=1S/C11H22N6O2/c1-7(2)19-11-15-9(14-10(16-11)17-12)13-5-8(3)6-18-4/h7-8H,5-6,12H2,1-4H3,(H2,13,14,15,16,17). The van der Waals surface area contributed by atoms with E-state index in [9.17, 15) is 0 Å². The van der Waals surface area contributed by atoms with Gasteiger partial charge in [0.15, 0.2) is 0 Å². The number of nitrogen functional groups attached to an aromatic ring is 1. The van der Waals surface area contributed by atoms with Gasteiger partial charge < -0.3 is 14.8 Å². The first kappa shape index (κ1) is 15.4. The van der Waals surface area contributed by atoms with E-state index in [0.717, 1.165) is 0 Å². The average molecular weight is 270 g/mol. The van der Waals surface area contributed by atoms with E-state index in [1.165, 1.54) is 0 Å². The van der Waals surface area contributed by atoms with E-state index in [-0.39, 0.29) is 18.1 Å². The summed E-state index contributed by atoms with van der Waals surface area (Å²) in [7, 11) is 1.67. The first-order chi connectivity index (χ1) is 9.05. The predicted molar refractivity (Wildman–Crippen MR) is 72.9 cm³/mol. The molecule has 108 valence electrons. The summed E-state index contributed by atoms with van der Waals surface area (Å²) in [5.74, 6) is 6.33. The Bertz CT molecular complexity index is 387. The second kappa shape index (κ2) is 7.70. The maximum Gasteiger partial charge on any atom is 0.323 e. The van der Waals surface area contributed by atoms with Crippen molar-refractivity contribution in [3.05, 3.63) is 0 Å². The van der Waals surface area contributed by atoms with E-state index >= 15 is 0 Å². The molecule has 8 heteroatoms. The maximum absolute atomic E-state index is 5.43. The zero-order chi connectivity index (χ0) is 14.3. The van der Waals surface area contributed by atoms with Gasteiger partial charge in [0.2, 0.25) is 11.9 Å². The quantitative estimate of drug-likeness (QED) is 0.466. The van der Waals surface area contributed by atoms with E-state index < -0.39 is 0 Å². The molecule has 8 nitrogen and oxygen atoms in total. The summed E-state index contributed by atoms with van der Waals surface area (Å²) < 4.78 is 10.5. The minimum absolute atomic E-state index is 0.0201. The molecule has 1 atom stereocenters. The molecule has 19 heavy (non-hydrogen) atoms. The number of rotatable bonds is 8. The van der Waals surface area contributed by atoms with Gasteiger partial charge in [-0.3, -0.25) is 5.43 Å². The maximum atomic E-state index is 5.43. The zero-order valence-corrected chi connectivity index (χ0v) is 11.8. The van der Waals surface area contributed by atoms with Crippen molar-refractivity contribution < 1.29 is 9.47 Å². The molecule has 1 aromatic rings. The lowest BCUT2D eigenvalue weighted by atomic mass is 10.2. The van der Waals surface area contributed by atoms with E-state index in [1.54, 1.807) is 7.11 Å². The van der Waals surface area contributed by atoms with Crippen molar-refractivity contribution in [1.82, 2.24) is 15.0 Å². The first-order valence-corrected chi connectivity index (χ1v) is 6.17. The molecule has 0 saturated heterocycles. The van der Waals surface area contributed by atoms with Gasteiger partial charge in [0.05, 0.1) is 12.7 Å². The molecule has 1 unspecified atom stereocenters. The Balaban J connectivity index is 2.70. The fourth-order valence-corrected chi connectivity index (χ4v) is 1.37. The van der Waals surface area contributed by atoms with Crippen LogP contribution in [0, 0.1) is 5.92 Å². The van der Waals surface area contributed by atoms with E-state index in [0.29, 0.717) is 25.0 Å². The van der Waals surface area contributed by atoms with Crippen molar-refractivity contribution in [2.45, 2.75) is 26.9 Å². The summed E-state index contributed by atoms with van der Waals surface area (Å²) in [4.78, 5) is 12.3. The van der Waals surface area contributed by atoms with Crippen molar-refractivity contribution in [1.29, 1.82) is 0 Å². The largest absolute Gasteiger partial charge is 0.461 e. The molecular weight excluding hydrogens is 248 g/mol. The lowest BCUT2D eigenvalue weighted by Crippen LogP contribution is -2.20. The number of anilines is 2. The summed E-state index contributed by atoms with van der Waals surface area (Å²) in [6.45, 7) is 7.20. The molecule has 0 aliphatic rings. The number of nitrogens with zero attached hydrogens (tertiary/aromatic N) is 3. The van der Waals surface area contributed by atoms with Crippen LogP contribution in [0.2, 0.25) is 0 Å². The summed E-state index contributed by atoms with van der Waals surface area (Å²) >= 11 is 0. The molecule has 0 radical (unpaired) electrons. The highest BCUT2D eigenvalue weighted by atomic mass is 16.5. The Hall–Kier alpha value is -1.67. The summed E-state index contributed by atoms with van der Waals surface area (Å²) in [5.41, 5.74) is 2.39. The van der Waals surface area contributed by atoms with Gasteiger partial charge in [0, 0.05) is 13.7 Å². The van der Waals surface area contributed by atoms with Crippen molar-refractivity contribution in [3.8, 4) is 6.01 Å². The third kappa shape index (κ3) is 5.66. The van der Waals surface area contributed by atoms with E-state index in [4.69, 9.17) is 15.3 Å². The van der Waals surface area contributed by atoms with Crippen molar-refractivity contribution >= 4 is 11.9 Å². The van der Waals surface area contributed by atoms with Crippen molar-refractivity contribution in [2.75, 3.05) is 31.0 Å². The lowest BCUT2D eigenvalue weighted by molar-refractivity contribution is 0.164. The molecule has 0 bridgehead atoms. The Kier molecular flexibility index (Phi) is 6.23. The van der Waals surface area contributed by atoms with Gasteiger partial charge in [0.1, 0.15) is 0 Å². The number of nitrogens with two attached hydrogens (primary N) is 1. The lowest BCUT2D eigenvalue weighted by Gasteiger charge is -2.13. The van der Waals surface area contributed by atoms with Gasteiger partial charge in [-0.1, -0.05) is 6.92 Å². The second-order valence-corrected chi connectivity index (χ2v) is 4.52. The van der Waals surface area contributed by atoms with Crippen LogP contribution in [0.3, 0.4) is 0 Å². The molecule has 0 aliphatic carbocycles. The highest BCUT2D eigenvalue weighted by Gasteiger charge is 2.09. The normalized spacial score (nSPS) is 12.3. The summed E-state index contributed by atoms with van der Waals surface area (Å²) in [5, 5.41) is 3.10. The number of ether oxygens (including phenoxy) is 2. The van der Waals surface area contributed by atoms with Crippen LogP contribution in [0.15, 0.2) is 0 Å². The van der Waals surface area contributed by atoms with Gasteiger partial charge >= 0.3 is 6.01 Å². The minimum atomic E-state index is -0.0201. The molecule has 0 saturated carbocycles. The number of hydrogen-bond acceptors (Lipinski definition) is 8. The van der Waals surface area contributed by atoms with E-state index in [2.05, 4.69) is 32.6 Å². The Labute approximate surface area is 113 Å². The van der Waals surface area contributed by atoms with Crippen LogP contribution < -0.4 is 21.3 Å². The summed E-state index contributed by atoms with van der Waals surface area (Å²) in [6, 6.07) is 0.236. The fraction of sp³-hybridized carbons (Fsp3) is 0.727. The Morgan fingerprint density at radius 2 is 1.84 bits per heavy atom.